The molecule has 0 radical (unpaired) electrons. The second kappa shape index (κ2) is 9.28. The highest BCUT2D eigenvalue weighted by Gasteiger charge is 2.10. The summed E-state index contributed by atoms with van der Waals surface area (Å²) in [4.78, 5) is 16.6. The van der Waals surface area contributed by atoms with E-state index < -0.39 is 0 Å². The molecule has 0 amide bonds. The van der Waals surface area contributed by atoms with Gasteiger partial charge in [0.15, 0.2) is 5.82 Å². The molecule has 6 nitrogen and oxygen atoms in total. The molecule has 0 unspecified atom stereocenters. The number of nitrogens with one attached hydrogen (secondary N) is 2. The van der Waals surface area contributed by atoms with E-state index in [9.17, 15) is 4.39 Å². The van der Waals surface area contributed by atoms with Gasteiger partial charge in [-0.3, -0.25) is 0 Å². The molecule has 0 saturated carbocycles. The zero-order valence-corrected chi connectivity index (χ0v) is 18.5. The van der Waals surface area contributed by atoms with Crippen LogP contribution in [0.1, 0.15) is 16.1 Å². The molecule has 0 aliphatic rings. The van der Waals surface area contributed by atoms with E-state index in [4.69, 9.17) is 16.3 Å². The minimum Gasteiger partial charge on any atom is -0.487 e. The van der Waals surface area contributed by atoms with E-state index in [1.54, 1.807) is 36.8 Å². The van der Waals surface area contributed by atoms with Gasteiger partial charge in [0.25, 0.3) is 0 Å². The third-order valence-electron chi connectivity index (χ3n) is 4.60. The number of imidazole rings is 1. The fourth-order valence-electron chi connectivity index (χ4n) is 3.08. The lowest BCUT2D eigenvalue weighted by Gasteiger charge is -2.11. The Hall–Kier alpha value is -3.93. The van der Waals surface area contributed by atoms with Gasteiger partial charge in [0.2, 0.25) is 0 Å². The van der Waals surface area contributed by atoms with Gasteiger partial charge >= 0.3 is 0 Å². The second-order valence-corrected chi connectivity index (χ2v) is 8.40. The lowest BCUT2D eigenvalue weighted by molar-refractivity contribution is 0.306. The maximum atomic E-state index is 13.3. The van der Waals surface area contributed by atoms with Crippen LogP contribution in [-0.2, 0) is 6.61 Å². The number of halogens is 2. The van der Waals surface area contributed by atoms with Crippen LogP contribution in [-0.4, -0.2) is 19.9 Å². The Labute approximate surface area is 197 Å². The largest absolute Gasteiger partial charge is 0.487 e. The summed E-state index contributed by atoms with van der Waals surface area (Å²) in [5.41, 5.74) is 2.94. The van der Waals surface area contributed by atoms with Gasteiger partial charge in [-0.15, -0.1) is 11.3 Å². The fraction of sp³-hybridized carbons (Fsp3) is 0.0417. The average Bonchev–Trinajstić information content (AvgIpc) is 3.47. The Kier molecular flexibility index (Phi) is 5.89. The normalized spacial score (nSPS) is 10.6. The van der Waals surface area contributed by atoms with Gasteiger partial charge in [-0.05, 0) is 53.8 Å². The Morgan fingerprint density at radius 3 is 2.85 bits per heavy atom. The first-order valence-electron chi connectivity index (χ1n) is 9.83. The molecule has 2 aromatic carbocycles. The Morgan fingerprint density at radius 1 is 1.09 bits per heavy atom. The predicted molar refractivity (Wildman–Crippen MR) is 127 cm³/mol. The van der Waals surface area contributed by atoms with Crippen molar-refractivity contribution in [3.05, 3.63) is 94.4 Å². The maximum absolute atomic E-state index is 13.3. The van der Waals surface area contributed by atoms with Crippen molar-refractivity contribution in [2.75, 3.05) is 5.32 Å². The maximum Gasteiger partial charge on any atom is 0.151 e. The number of anilines is 2. The second-order valence-electron chi connectivity index (χ2n) is 6.94. The van der Waals surface area contributed by atoms with Crippen LogP contribution in [0.15, 0.2) is 67.4 Å². The summed E-state index contributed by atoms with van der Waals surface area (Å²) in [5.74, 6) is 6.97. The number of ether oxygens (including phenoxy) is 1. The minimum atomic E-state index is -0.304. The molecule has 0 bridgehead atoms. The summed E-state index contributed by atoms with van der Waals surface area (Å²) < 4.78 is 20.0. The van der Waals surface area contributed by atoms with Crippen molar-refractivity contribution < 1.29 is 9.13 Å². The van der Waals surface area contributed by atoms with Crippen molar-refractivity contribution in [3.8, 4) is 17.6 Å². The monoisotopic (exact) mass is 475 g/mol. The molecule has 162 valence electrons. The van der Waals surface area contributed by atoms with Gasteiger partial charge in [0.05, 0.1) is 26.4 Å². The number of hydrogen-bond acceptors (Lipinski definition) is 6. The summed E-state index contributed by atoms with van der Waals surface area (Å²) in [6, 6.07) is 13.5. The third kappa shape index (κ3) is 4.95. The first-order chi connectivity index (χ1) is 16.1. The van der Waals surface area contributed by atoms with E-state index in [2.05, 4.69) is 37.1 Å². The molecule has 5 aromatic rings. The SMILES string of the molecule is Fc1cccc(COc2ccc(Nc3ncnc4cc(C#Cc5c[nH]cn5)sc34)cc2Cl)c1. The molecule has 0 fully saturated rings. The summed E-state index contributed by atoms with van der Waals surface area (Å²) in [6.45, 7) is 0.216. The van der Waals surface area contributed by atoms with E-state index in [-0.39, 0.29) is 12.4 Å². The molecule has 2 N–H and O–H groups in total. The van der Waals surface area contributed by atoms with Crippen molar-refractivity contribution in [3.63, 3.8) is 0 Å². The number of nitrogens with zero attached hydrogens (tertiary/aromatic N) is 3. The summed E-state index contributed by atoms with van der Waals surface area (Å²) in [5, 5.41) is 3.71. The smallest absolute Gasteiger partial charge is 0.151 e. The van der Waals surface area contributed by atoms with Gasteiger partial charge in [0.1, 0.15) is 30.2 Å². The van der Waals surface area contributed by atoms with Crippen molar-refractivity contribution in [1.82, 2.24) is 19.9 Å². The van der Waals surface area contributed by atoms with Crippen molar-refractivity contribution >= 4 is 44.7 Å². The van der Waals surface area contributed by atoms with Crippen LogP contribution in [0.3, 0.4) is 0 Å². The van der Waals surface area contributed by atoms with E-state index in [0.29, 0.717) is 22.3 Å². The highest BCUT2D eigenvalue weighted by molar-refractivity contribution is 7.20. The van der Waals surface area contributed by atoms with Crippen LogP contribution in [0, 0.1) is 17.7 Å². The number of fused-ring (bicyclic) bond motifs is 1. The number of aromatic nitrogens is 4. The molecule has 0 atom stereocenters. The molecule has 0 aliphatic carbocycles. The molecule has 3 heterocycles. The molecule has 5 rings (SSSR count). The topological polar surface area (TPSA) is 75.7 Å². The Balaban J connectivity index is 1.33. The van der Waals surface area contributed by atoms with Crippen LogP contribution >= 0.6 is 22.9 Å². The molecule has 3 aromatic heterocycles. The van der Waals surface area contributed by atoms with Gasteiger partial charge in [-0.1, -0.05) is 23.7 Å². The lowest BCUT2D eigenvalue weighted by atomic mass is 10.2. The first-order valence-corrected chi connectivity index (χ1v) is 11.0. The number of benzene rings is 2. The van der Waals surface area contributed by atoms with Gasteiger partial charge < -0.3 is 15.0 Å². The first kappa shape index (κ1) is 20.9. The van der Waals surface area contributed by atoms with Gasteiger partial charge in [-0.2, -0.15) is 0 Å². The van der Waals surface area contributed by atoms with Crippen LogP contribution in [0.4, 0.5) is 15.9 Å². The van der Waals surface area contributed by atoms with Crippen molar-refractivity contribution in [2.24, 2.45) is 0 Å². The third-order valence-corrected chi connectivity index (χ3v) is 5.94. The number of H-pyrrole nitrogens is 1. The fourth-order valence-corrected chi connectivity index (χ4v) is 4.22. The van der Waals surface area contributed by atoms with Crippen LogP contribution in [0.25, 0.3) is 10.2 Å². The number of aromatic amines is 1. The summed E-state index contributed by atoms with van der Waals surface area (Å²) >= 11 is 7.90. The van der Waals surface area contributed by atoms with Crippen LogP contribution < -0.4 is 10.1 Å². The van der Waals surface area contributed by atoms with Crippen LogP contribution in [0.5, 0.6) is 5.75 Å². The molecule has 0 aliphatic heterocycles. The van der Waals surface area contributed by atoms with E-state index >= 15 is 0 Å². The molecule has 0 saturated heterocycles. The van der Waals surface area contributed by atoms with Crippen LogP contribution in [0.2, 0.25) is 5.02 Å². The van der Waals surface area contributed by atoms with E-state index in [1.165, 1.54) is 29.8 Å². The predicted octanol–water partition coefficient (Wildman–Crippen LogP) is 5.93. The number of rotatable bonds is 5. The Morgan fingerprint density at radius 2 is 2.03 bits per heavy atom. The highest BCUT2D eigenvalue weighted by Crippen LogP contribution is 2.33. The molecule has 33 heavy (non-hydrogen) atoms. The zero-order chi connectivity index (χ0) is 22.6. The summed E-state index contributed by atoms with van der Waals surface area (Å²) in [7, 11) is 0. The standard InChI is InChI=1S/C24H15ClFN5OS/c25-20-9-17(5-7-22(20)32-12-15-2-1-3-16(26)8-15)31-24-23-21(29-14-30-24)10-19(33-23)6-4-18-11-27-13-28-18/h1-3,5,7-11,13-14H,12H2,(H,27,28)(H,29,30,31). The zero-order valence-electron chi connectivity index (χ0n) is 17.0. The lowest BCUT2D eigenvalue weighted by Crippen LogP contribution is -1.98. The molecular weight excluding hydrogens is 461 g/mol. The van der Waals surface area contributed by atoms with Gasteiger partial charge in [-0.25, -0.2) is 19.3 Å². The molecular formula is C24H15ClFN5OS. The summed E-state index contributed by atoms with van der Waals surface area (Å²) in [6.07, 6.45) is 4.83. The number of hydrogen-bond donors (Lipinski definition) is 2. The Bertz CT molecular complexity index is 1490. The number of thiophene rings is 1. The highest BCUT2D eigenvalue weighted by atomic mass is 35.5. The molecule has 0 spiro atoms. The van der Waals surface area contributed by atoms with Crippen molar-refractivity contribution in [2.45, 2.75) is 6.61 Å². The average molecular weight is 476 g/mol. The minimum absolute atomic E-state index is 0.216. The molecule has 9 heteroatoms. The quantitative estimate of drug-likeness (QED) is 0.308. The van der Waals surface area contributed by atoms with E-state index in [0.717, 1.165) is 26.3 Å². The van der Waals surface area contributed by atoms with Crippen molar-refractivity contribution in [1.29, 1.82) is 0 Å². The van der Waals surface area contributed by atoms with E-state index in [1.807, 2.05) is 12.1 Å². The van der Waals surface area contributed by atoms with Gasteiger partial charge in [0, 0.05) is 11.9 Å².